The maximum Gasteiger partial charge on any atom is 0.430 e. The average Bonchev–Trinajstić information content (AvgIpc) is 2.15. The first-order chi connectivity index (χ1) is 7.67. The Hall–Kier alpha value is -1.59. The number of rotatable bonds is 3. The molecular formula is C11H20N2O4. The third-order valence-electron chi connectivity index (χ3n) is 1.53. The van der Waals surface area contributed by atoms with E-state index in [0.717, 1.165) is 5.01 Å². The fourth-order valence-corrected chi connectivity index (χ4v) is 0.870. The highest BCUT2D eigenvalue weighted by molar-refractivity contribution is 6.35. The van der Waals surface area contributed by atoms with Crippen molar-refractivity contribution in [2.75, 3.05) is 13.7 Å². The Bertz CT molecular complexity index is 318. The first-order valence-electron chi connectivity index (χ1n) is 5.36. The second-order valence-electron chi connectivity index (χ2n) is 4.41. The molecule has 0 radical (unpaired) electrons. The van der Waals surface area contributed by atoms with Crippen LogP contribution in [0, 0.1) is 0 Å². The highest BCUT2D eigenvalue weighted by atomic mass is 16.6. The van der Waals surface area contributed by atoms with E-state index in [1.165, 1.54) is 14.0 Å². The molecule has 0 atom stereocenters. The van der Waals surface area contributed by atoms with E-state index in [4.69, 9.17) is 9.47 Å². The van der Waals surface area contributed by atoms with Crippen molar-refractivity contribution in [1.29, 1.82) is 0 Å². The lowest BCUT2D eigenvalue weighted by Crippen LogP contribution is -2.32. The zero-order chi connectivity index (χ0) is 13.6. The van der Waals surface area contributed by atoms with Crippen molar-refractivity contribution in [2.45, 2.75) is 40.2 Å². The van der Waals surface area contributed by atoms with Gasteiger partial charge in [0.15, 0.2) is 0 Å². The first-order valence-corrected chi connectivity index (χ1v) is 5.36. The van der Waals surface area contributed by atoms with Gasteiger partial charge in [0.05, 0.1) is 6.61 Å². The standard InChI is InChI=1S/C11H20N2O4/c1-7-16-9(14)8(2)12-13(6)10(15)17-11(3,4)5/h7H2,1-6H3/b12-8+. The molecule has 0 heterocycles. The molecule has 6 heteroatoms. The SMILES string of the molecule is CCOC(=O)/C(C)=N/N(C)C(=O)OC(C)(C)C. The normalized spacial score (nSPS) is 12.0. The van der Waals surface area contributed by atoms with Gasteiger partial charge in [-0.25, -0.2) is 14.6 Å². The first kappa shape index (κ1) is 15.4. The van der Waals surface area contributed by atoms with E-state index in [1.54, 1.807) is 27.7 Å². The summed E-state index contributed by atoms with van der Waals surface area (Å²) in [5.41, 5.74) is -0.501. The number of nitrogens with zero attached hydrogens (tertiary/aromatic N) is 2. The molecule has 6 nitrogen and oxygen atoms in total. The van der Waals surface area contributed by atoms with Crippen LogP contribution in [0.25, 0.3) is 0 Å². The molecule has 0 aliphatic carbocycles. The molecule has 0 saturated heterocycles. The number of esters is 1. The number of ether oxygens (including phenoxy) is 2. The molecule has 0 aliphatic heterocycles. The summed E-state index contributed by atoms with van der Waals surface area (Å²) >= 11 is 0. The van der Waals surface area contributed by atoms with E-state index in [2.05, 4.69) is 5.10 Å². The second-order valence-corrected chi connectivity index (χ2v) is 4.41. The Morgan fingerprint density at radius 1 is 1.29 bits per heavy atom. The van der Waals surface area contributed by atoms with E-state index in [0.29, 0.717) is 0 Å². The Morgan fingerprint density at radius 2 is 1.82 bits per heavy atom. The minimum absolute atomic E-state index is 0.0974. The molecule has 0 bridgehead atoms. The maximum atomic E-state index is 11.5. The lowest BCUT2D eigenvalue weighted by atomic mass is 10.2. The minimum Gasteiger partial charge on any atom is -0.461 e. The second kappa shape index (κ2) is 6.22. The van der Waals surface area contributed by atoms with Gasteiger partial charge in [-0.3, -0.25) is 0 Å². The lowest BCUT2D eigenvalue weighted by Gasteiger charge is -2.22. The zero-order valence-electron chi connectivity index (χ0n) is 11.2. The molecular weight excluding hydrogens is 224 g/mol. The molecule has 0 fully saturated rings. The van der Waals surface area contributed by atoms with E-state index >= 15 is 0 Å². The number of carbonyl (C=O) groups is 2. The number of hydrogen-bond donors (Lipinski definition) is 0. The van der Waals surface area contributed by atoms with Crippen LogP contribution in [0.15, 0.2) is 5.10 Å². The molecule has 17 heavy (non-hydrogen) atoms. The molecule has 0 spiro atoms. The summed E-state index contributed by atoms with van der Waals surface area (Å²) in [4.78, 5) is 22.8. The highest BCUT2D eigenvalue weighted by Crippen LogP contribution is 2.09. The van der Waals surface area contributed by atoms with Gasteiger partial charge >= 0.3 is 12.1 Å². The van der Waals surface area contributed by atoms with Crippen molar-refractivity contribution in [3.05, 3.63) is 0 Å². The van der Waals surface area contributed by atoms with Crippen molar-refractivity contribution in [3.63, 3.8) is 0 Å². The van der Waals surface area contributed by atoms with Gasteiger partial charge in [0.1, 0.15) is 11.3 Å². The fraction of sp³-hybridized carbons (Fsp3) is 0.727. The quantitative estimate of drug-likeness (QED) is 0.431. The van der Waals surface area contributed by atoms with Crippen LogP contribution in [0.5, 0.6) is 0 Å². The Balaban J connectivity index is 4.51. The van der Waals surface area contributed by atoms with Gasteiger partial charge in [-0.1, -0.05) is 0 Å². The molecule has 0 saturated carbocycles. The number of hydrazone groups is 1. The third kappa shape index (κ3) is 6.55. The Labute approximate surface area is 102 Å². The van der Waals surface area contributed by atoms with Gasteiger partial charge in [-0.2, -0.15) is 5.10 Å². The summed E-state index contributed by atoms with van der Waals surface area (Å²) in [5.74, 6) is -0.553. The van der Waals surface area contributed by atoms with Gasteiger partial charge in [0.25, 0.3) is 0 Å². The summed E-state index contributed by atoms with van der Waals surface area (Å²) in [6.45, 7) is 8.69. The van der Waals surface area contributed by atoms with Gasteiger partial charge in [0.2, 0.25) is 0 Å². The van der Waals surface area contributed by atoms with Crippen LogP contribution in [0.1, 0.15) is 34.6 Å². The largest absolute Gasteiger partial charge is 0.461 e. The highest BCUT2D eigenvalue weighted by Gasteiger charge is 2.20. The van der Waals surface area contributed by atoms with Crippen LogP contribution in [0.4, 0.5) is 4.79 Å². The van der Waals surface area contributed by atoms with Crippen molar-refractivity contribution >= 4 is 17.8 Å². The predicted octanol–water partition coefficient (Wildman–Crippen LogP) is 1.79. The van der Waals surface area contributed by atoms with E-state index in [9.17, 15) is 9.59 Å². The van der Waals surface area contributed by atoms with E-state index < -0.39 is 17.7 Å². The van der Waals surface area contributed by atoms with Gasteiger partial charge in [-0.15, -0.1) is 0 Å². The van der Waals surface area contributed by atoms with Crippen molar-refractivity contribution in [2.24, 2.45) is 5.10 Å². The third-order valence-corrected chi connectivity index (χ3v) is 1.53. The topological polar surface area (TPSA) is 68.2 Å². The summed E-state index contributed by atoms with van der Waals surface area (Å²) in [5, 5.41) is 4.75. The van der Waals surface area contributed by atoms with Gasteiger partial charge in [0, 0.05) is 7.05 Å². The lowest BCUT2D eigenvalue weighted by molar-refractivity contribution is -0.135. The molecule has 0 aliphatic rings. The summed E-state index contributed by atoms with van der Waals surface area (Å²) in [6.07, 6.45) is -0.624. The predicted molar refractivity (Wildman–Crippen MR) is 63.7 cm³/mol. The van der Waals surface area contributed by atoms with Gasteiger partial charge in [-0.05, 0) is 34.6 Å². The number of hydrogen-bond acceptors (Lipinski definition) is 5. The molecule has 0 aromatic carbocycles. The van der Waals surface area contributed by atoms with Gasteiger partial charge < -0.3 is 9.47 Å². The summed E-state index contributed by atoms with van der Waals surface area (Å²) in [7, 11) is 1.41. The monoisotopic (exact) mass is 244 g/mol. The zero-order valence-corrected chi connectivity index (χ0v) is 11.2. The average molecular weight is 244 g/mol. The van der Waals surface area contributed by atoms with E-state index in [1.807, 2.05) is 0 Å². The molecule has 0 unspecified atom stereocenters. The summed E-state index contributed by atoms with van der Waals surface area (Å²) in [6, 6.07) is 0. The van der Waals surface area contributed by atoms with E-state index in [-0.39, 0.29) is 12.3 Å². The van der Waals surface area contributed by atoms with Crippen LogP contribution in [-0.4, -0.2) is 42.0 Å². The molecule has 0 aromatic rings. The van der Waals surface area contributed by atoms with Crippen LogP contribution in [0.2, 0.25) is 0 Å². The minimum atomic E-state index is -0.624. The fourth-order valence-electron chi connectivity index (χ4n) is 0.870. The van der Waals surface area contributed by atoms with Crippen LogP contribution in [0.3, 0.4) is 0 Å². The Morgan fingerprint density at radius 3 is 2.24 bits per heavy atom. The number of carbonyl (C=O) groups excluding carboxylic acids is 2. The van der Waals surface area contributed by atoms with Crippen molar-refractivity contribution < 1.29 is 19.1 Å². The molecule has 0 rings (SSSR count). The van der Waals surface area contributed by atoms with Crippen LogP contribution >= 0.6 is 0 Å². The Kier molecular flexibility index (Phi) is 5.64. The molecule has 1 amide bonds. The maximum absolute atomic E-state index is 11.5. The van der Waals surface area contributed by atoms with Crippen molar-refractivity contribution in [1.82, 2.24) is 5.01 Å². The van der Waals surface area contributed by atoms with Crippen LogP contribution < -0.4 is 0 Å². The molecule has 0 aromatic heterocycles. The van der Waals surface area contributed by atoms with Crippen LogP contribution in [-0.2, 0) is 14.3 Å². The van der Waals surface area contributed by atoms with Crippen molar-refractivity contribution in [3.8, 4) is 0 Å². The summed E-state index contributed by atoms with van der Waals surface area (Å²) < 4.78 is 9.80. The molecule has 98 valence electrons. The smallest absolute Gasteiger partial charge is 0.430 e. The molecule has 0 N–H and O–H groups in total. The number of amides is 1.